The van der Waals surface area contributed by atoms with E-state index in [2.05, 4.69) is 153 Å². The maximum absolute atomic E-state index is 13.0. The molecule has 2 N–H and O–H groups in total. The van der Waals surface area contributed by atoms with Crippen LogP contribution in [0.4, 0.5) is 0 Å². The fourth-order valence-electron chi connectivity index (χ4n) is 9.58. The van der Waals surface area contributed by atoms with E-state index in [0.29, 0.717) is 23.9 Å². The summed E-state index contributed by atoms with van der Waals surface area (Å²) in [6.45, 7) is 4.61. The number of carbonyl (C=O) groups excluding carboxylic acids is 1. The van der Waals surface area contributed by atoms with Gasteiger partial charge in [-0.25, -0.2) is 0 Å². The maximum atomic E-state index is 13.0. The average Bonchev–Trinajstić information content (AvgIpc) is 3.56. The van der Waals surface area contributed by atoms with Gasteiger partial charge in [-0.3, -0.25) is 9.36 Å². The van der Waals surface area contributed by atoms with Crippen molar-refractivity contribution < 1.29 is 32.9 Å². The van der Waals surface area contributed by atoms with Crippen LogP contribution in [0.3, 0.4) is 0 Å². The number of likely N-dealkylation sites (N-methyl/N-ethyl adjacent to an activating group) is 1. The second-order valence-corrected chi connectivity index (χ2v) is 25.6. The van der Waals surface area contributed by atoms with E-state index < -0.39 is 20.0 Å². The molecule has 0 aromatic rings. The van der Waals surface area contributed by atoms with Crippen LogP contribution in [0, 0.1) is 0 Å². The van der Waals surface area contributed by atoms with Gasteiger partial charge in [-0.15, -0.1) is 0 Å². The van der Waals surface area contributed by atoms with E-state index >= 15 is 0 Å². The van der Waals surface area contributed by atoms with Crippen LogP contribution in [0.1, 0.15) is 284 Å². The molecule has 84 heavy (non-hydrogen) atoms. The van der Waals surface area contributed by atoms with Gasteiger partial charge in [-0.2, -0.15) is 0 Å². The zero-order valence-corrected chi connectivity index (χ0v) is 56.0. The topological polar surface area (TPSA) is 108 Å². The first-order chi connectivity index (χ1) is 41.0. The first-order valence-electron chi connectivity index (χ1n) is 34.5. The third-order valence-corrected chi connectivity index (χ3v) is 15.9. The summed E-state index contributed by atoms with van der Waals surface area (Å²) in [5.41, 5.74) is 0. The molecule has 3 atom stereocenters. The molecule has 3 unspecified atom stereocenters. The molecule has 0 saturated carbocycles. The van der Waals surface area contributed by atoms with Crippen molar-refractivity contribution in [3.05, 3.63) is 134 Å². The number of carbonyl (C=O) groups is 1. The molecule has 0 aromatic heterocycles. The smallest absolute Gasteiger partial charge is 0.268 e. The van der Waals surface area contributed by atoms with Gasteiger partial charge in [0.05, 0.1) is 39.9 Å². The van der Waals surface area contributed by atoms with Gasteiger partial charge in [0.2, 0.25) is 5.91 Å². The predicted octanol–water partition coefficient (Wildman–Crippen LogP) is 21.6. The lowest BCUT2D eigenvalue weighted by molar-refractivity contribution is -0.870. The van der Waals surface area contributed by atoms with Crippen molar-refractivity contribution in [2.45, 2.75) is 296 Å². The Bertz CT molecular complexity index is 1830. The summed E-state index contributed by atoms with van der Waals surface area (Å²) in [5.74, 6) is -0.178. The number of aliphatic hydroxyl groups excluding tert-OH is 1. The summed E-state index contributed by atoms with van der Waals surface area (Å²) < 4.78 is 23.5. The van der Waals surface area contributed by atoms with Gasteiger partial charge >= 0.3 is 0 Å². The Hall–Kier alpha value is -3.36. The fourth-order valence-corrected chi connectivity index (χ4v) is 10.3. The number of rotatable bonds is 62. The van der Waals surface area contributed by atoms with Crippen molar-refractivity contribution in [2.24, 2.45) is 0 Å². The lowest BCUT2D eigenvalue weighted by Gasteiger charge is -2.30. The molecule has 9 heteroatoms. The molecular weight excluding hydrogens is 1060 g/mol. The molecule has 0 radical (unpaired) electrons. The van der Waals surface area contributed by atoms with Crippen molar-refractivity contribution in [3.63, 3.8) is 0 Å². The molecule has 1 amide bonds. The van der Waals surface area contributed by atoms with Gasteiger partial charge in [-0.1, -0.05) is 314 Å². The molecule has 0 fully saturated rings. The quantitative estimate of drug-likeness (QED) is 0.0272. The van der Waals surface area contributed by atoms with Crippen LogP contribution in [0.5, 0.6) is 0 Å². The average molecular weight is 1190 g/mol. The molecule has 0 saturated heterocycles. The summed E-state index contributed by atoms with van der Waals surface area (Å²) in [6, 6.07) is -0.817. The first kappa shape index (κ1) is 80.6. The molecular formula is C75H131N2O6P. The van der Waals surface area contributed by atoms with E-state index in [1.54, 1.807) is 0 Å². The molecule has 0 heterocycles. The standard InChI is InChI=1S/C75H131N2O6P/c1-6-8-10-12-14-16-18-20-22-24-26-28-29-30-31-32-33-34-35-36-37-38-39-40-41-42-43-44-45-46-47-49-51-53-55-57-59-61-63-65-67-69-75(79)76-73(72-83-84(80,81)82-71-70-77(3,4)5)74(78)68-66-64-62-60-58-56-54-52-50-48-27-25-23-21-19-17-15-13-11-9-7-2/h8,10,14,16,20,22,26,28,30-31,33-34,36-37,39-40,42-43,45-46,49,51,73-74,78H,6-7,9,11-13,15,17-19,21,23-25,27,29,32,35,38,41,44,47-48,50,52-72H2,1-5H3,(H-,76,79,80,81)/b10-8-,16-14-,22-20-,28-26-,31-30-,34-33-,37-36-,40-39-,43-42-,46-45-,51-49-. The lowest BCUT2D eigenvalue weighted by Crippen LogP contribution is -2.46. The van der Waals surface area contributed by atoms with Crippen LogP contribution in [0.2, 0.25) is 0 Å². The number of hydrogen-bond acceptors (Lipinski definition) is 6. The first-order valence-corrected chi connectivity index (χ1v) is 36.0. The number of allylic oxidation sites excluding steroid dienone is 22. The second-order valence-electron chi connectivity index (χ2n) is 24.2. The normalized spacial score (nSPS) is 14.5. The summed E-state index contributed by atoms with van der Waals surface area (Å²) in [7, 11) is 1.29. The minimum atomic E-state index is -4.59. The lowest BCUT2D eigenvalue weighted by atomic mass is 10.0. The number of unbranched alkanes of at least 4 members (excludes halogenated alkanes) is 27. The summed E-state index contributed by atoms with van der Waals surface area (Å²) >= 11 is 0. The molecule has 8 nitrogen and oxygen atoms in total. The molecule has 482 valence electrons. The van der Waals surface area contributed by atoms with E-state index in [1.165, 1.54) is 135 Å². The Morgan fingerprint density at radius 3 is 1.06 bits per heavy atom. The third kappa shape index (κ3) is 66.2. The number of phosphoric acid groups is 1. The van der Waals surface area contributed by atoms with E-state index in [-0.39, 0.29) is 19.1 Å². The Kier molecular flexibility index (Phi) is 61.6. The summed E-state index contributed by atoms with van der Waals surface area (Å²) in [4.78, 5) is 25.6. The molecule has 0 spiro atoms. The van der Waals surface area contributed by atoms with E-state index in [1.807, 2.05) is 21.1 Å². The highest BCUT2D eigenvalue weighted by Crippen LogP contribution is 2.38. The molecule has 0 aromatic carbocycles. The van der Waals surface area contributed by atoms with Crippen LogP contribution in [0.25, 0.3) is 0 Å². The van der Waals surface area contributed by atoms with Crippen LogP contribution >= 0.6 is 7.82 Å². The number of nitrogens with one attached hydrogen (secondary N) is 1. The van der Waals surface area contributed by atoms with E-state index in [0.717, 1.165) is 122 Å². The number of quaternary nitrogens is 1. The molecule has 0 rings (SSSR count). The number of nitrogens with zero attached hydrogens (tertiary/aromatic N) is 1. The number of aliphatic hydroxyl groups is 1. The van der Waals surface area contributed by atoms with Gasteiger partial charge in [0.25, 0.3) is 7.82 Å². The van der Waals surface area contributed by atoms with Crippen LogP contribution in [0.15, 0.2) is 134 Å². The SMILES string of the molecule is CC/C=C\C/C=C\C/C=C\C/C=C\C/C=C\C/C=C\C/C=C\C/C=C\C/C=C\C/C=C\C/C=C\CCCCCCCCCC(=O)NC(COP(=O)([O-])OCC[N+](C)(C)C)C(O)CCCCCCCCCCCCCCCCCCCCCCC. The minimum Gasteiger partial charge on any atom is -0.756 e. The van der Waals surface area contributed by atoms with Crippen molar-refractivity contribution in [3.8, 4) is 0 Å². The molecule has 0 bridgehead atoms. The van der Waals surface area contributed by atoms with Gasteiger partial charge in [0, 0.05) is 6.42 Å². The predicted molar refractivity (Wildman–Crippen MR) is 366 cm³/mol. The molecule has 0 aliphatic carbocycles. The van der Waals surface area contributed by atoms with Crippen LogP contribution < -0.4 is 10.2 Å². The Morgan fingerprint density at radius 1 is 0.429 bits per heavy atom. The van der Waals surface area contributed by atoms with Crippen LogP contribution in [-0.4, -0.2) is 68.5 Å². The van der Waals surface area contributed by atoms with Crippen molar-refractivity contribution in [1.29, 1.82) is 0 Å². The monoisotopic (exact) mass is 1190 g/mol. The number of phosphoric ester groups is 1. The highest BCUT2D eigenvalue weighted by Gasteiger charge is 2.24. The maximum Gasteiger partial charge on any atom is 0.268 e. The number of hydrogen-bond donors (Lipinski definition) is 2. The Morgan fingerprint density at radius 2 is 0.726 bits per heavy atom. The molecule has 0 aliphatic heterocycles. The zero-order chi connectivity index (χ0) is 61.2. The minimum absolute atomic E-state index is 0.00406. The second kappa shape index (κ2) is 64.1. The zero-order valence-electron chi connectivity index (χ0n) is 55.1. The van der Waals surface area contributed by atoms with Crippen molar-refractivity contribution >= 4 is 13.7 Å². The largest absolute Gasteiger partial charge is 0.756 e. The highest BCUT2D eigenvalue weighted by molar-refractivity contribution is 7.45. The summed E-state index contributed by atoms with van der Waals surface area (Å²) in [6.07, 6.45) is 96.5. The Balaban J connectivity index is 4.13. The van der Waals surface area contributed by atoms with Crippen LogP contribution in [-0.2, 0) is 18.4 Å². The van der Waals surface area contributed by atoms with E-state index in [4.69, 9.17) is 9.05 Å². The van der Waals surface area contributed by atoms with Crippen molar-refractivity contribution in [2.75, 3.05) is 40.9 Å². The van der Waals surface area contributed by atoms with Gasteiger partial charge in [-0.05, 0) is 96.3 Å². The highest BCUT2D eigenvalue weighted by atomic mass is 31.2. The third-order valence-electron chi connectivity index (χ3n) is 14.9. The van der Waals surface area contributed by atoms with Crippen molar-refractivity contribution in [1.82, 2.24) is 5.32 Å². The Labute approximate surface area is 519 Å². The molecule has 0 aliphatic rings. The summed E-state index contributed by atoms with van der Waals surface area (Å²) in [5, 5.41) is 14.1. The van der Waals surface area contributed by atoms with Gasteiger partial charge in [0.15, 0.2) is 0 Å². The fraction of sp³-hybridized carbons (Fsp3) is 0.693. The van der Waals surface area contributed by atoms with Gasteiger partial charge in [0.1, 0.15) is 13.2 Å². The number of amides is 1. The van der Waals surface area contributed by atoms with Gasteiger partial charge < -0.3 is 28.8 Å². The van der Waals surface area contributed by atoms with E-state index in [9.17, 15) is 19.4 Å².